The molecule has 1 amide bonds. The number of aromatic nitrogens is 3. The molecular weight excluding hydrogens is 336 g/mol. The average molecular weight is 355 g/mol. The number of amides is 1. The van der Waals surface area contributed by atoms with Gasteiger partial charge in [0.15, 0.2) is 5.16 Å². The maximum absolute atomic E-state index is 12.4. The summed E-state index contributed by atoms with van der Waals surface area (Å²) in [5.74, 6) is 0.402. The summed E-state index contributed by atoms with van der Waals surface area (Å²) >= 11 is 7.33. The lowest BCUT2D eigenvalue weighted by molar-refractivity contribution is -0.115. The third-order valence-corrected chi connectivity index (χ3v) is 4.47. The van der Waals surface area contributed by atoms with Gasteiger partial charge in [-0.1, -0.05) is 23.4 Å². The van der Waals surface area contributed by atoms with Gasteiger partial charge in [-0.05, 0) is 39.0 Å². The van der Waals surface area contributed by atoms with E-state index in [2.05, 4.69) is 15.5 Å². The lowest BCUT2D eigenvalue weighted by atomic mass is 10.3. The number of nitrogens with one attached hydrogen (secondary N) is 1. The van der Waals surface area contributed by atoms with E-state index in [1.165, 1.54) is 11.8 Å². The SMILES string of the molecule is COc1ccc(Cl)cc1NC(=O)[C@@H](C)Sc1nncn1C(C)C. The molecule has 0 spiro atoms. The van der Waals surface area contributed by atoms with Gasteiger partial charge in [0, 0.05) is 11.1 Å². The molecule has 1 heterocycles. The lowest BCUT2D eigenvalue weighted by Gasteiger charge is -2.15. The number of carbonyl (C=O) groups excluding carboxylic acids is 1. The number of thioether (sulfide) groups is 1. The molecule has 8 heteroatoms. The molecular formula is C15H19ClN4O2S. The average Bonchev–Trinajstić information content (AvgIpc) is 2.95. The van der Waals surface area contributed by atoms with Gasteiger partial charge in [-0.3, -0.25) is 4.79 Å². The Morgan fingerprint density at radius 1 is 1.39 bits per heavy atom. The molecule has 0 radical (unpaired) electrons. The van der Waals surface area contributed by atoms with Crippen LogP contribution in [0.5, 0.6) is 5.75 Å². The first-order valence-corrected chi connectivity index (χ1v) is 8.38. The first-order chi connectivity index (χ1) is 10.9. The molecule has 0 saturated carbocycles. The fraction of sp³-hybridized carbons (Fsp3) is 0.400. The number of hydrogen-bond acceptors (Lipinski definition) is 5. The van der Waals surface area contributed by atoms with Gasteiger partial charge in [-0.2, -0.15) is 0 Å². The molecule has 6 nitrogen and oxygen atoms in total. The van der Waals surface area contributed by atoms with E-state index in [9.17, 15) is 4.79 Å². The zero-order valence-electron chi connectivity index (χ0n) is 13.4. The summed E-state index contributed by atoms with van der Waals surface area (Å²) in [6.07, 6.45) is 1.66. The lowest BCUT2D eigenvalue weighted by Crippen LogP contribution is -2.23. The van der Waals surface area contributed by atoms with Gasteiger partial charge >= 0.3 is 0 Å². The predicted octanol–water partition coefficient (Wildman–Crippen LogP) is 3.64. The summed E-state index contributed by atoms with van der Waals surface area (Å²) in [6.45, 7) is 5.89. The second-order valence-electron chi connectivity index (χ2n) is 5.21. The number of methoxy groups -OCH3 is 1. The van der Waals surface area contributed by atoms with Gasteiger partial charge in [0.25, 0.3) is 0 Å². The zero-order valence-corrected chi connectivity index (χ0v) is 15.0. The van der Waals surface area contributed by atoms with Gasteiger partial charge in [0.05, 0.1) is 18.0 Å². The van der Waals surface area contributed by atoms with Crippen molar-refractivity contribution in [2.45, 2.75) is 37.2 Å². The largest absolute Gasteiger partial charge is 0.495 e. The fourth-order valence-corrected chi connectivity index (χ4v) is 3.02. The first-order valence-electron chi connectivity index (χ1n) is 7.13. The summed E-state index contributed by atoms with van der Waals surface area (Å²) in [6, 6.07) is 5.31. The molecule has 23 heavy (non-hydrogen) atoms. The van der Waals surface area contributed by atoms with Gasteiger partial charge in [0.1, 0.15) is 12.1 Å². The fourth-order valence-electron chi connectivity index (χ4n) is 1.89. The van der Waals surface area contributed by atoms with E-state index >= 15 is 0 Å². The molecule has 2 rings (SSSR count). The highest BCUT2D eigenvalue weighted by Crippen LogP contribution is 2.29. The van der Waals surface area contributed by atoms with E-state index in [1.807, 2.05) is 25.3 Å². The number of halogens is 1. The van der Waals surface area contributed by atoms with Gasteiger partial charge < -0.3 is 14.6 Å². The maximum atomic E-state index is 12.4. The Balaban J connectivity index is 2.08. The van der Waals surface area contributed by atoms with Crippen LogP contribution in [-0.4, -0.2) is 33.0 Å². The van der Waals surface area contributed by atoms with Crippen LogP contribution in [-0.2, 0) is 4.79 Å². The van der Waals surface area contributed by atoms with E-state index in [0.717, 1.165) is 0 Å². The number of anilines is 1. The van der Waals surface area contributed by atoms with E-state index in [-0.39, 0.29) is 17.2 Å². The molecule has 1 N–H and O–H groups in total. The van der Waals surface area contributed by atoms with Crippen molar-refractivity contribution in [1.82, 2.24) is 14.8 Å². The number of rotatable bonds is 6. The van der Waals surface area contributed by atoms with Crippen LogP contribution in [0.3, 0.4) is 0 Å². The highest BCUT2D eigenvalue weighted by atomic mass is 35.5. The van der Waals surface area contributed by atoms with Crippen molar-refractivity contribution >= 4 is 35.0 Å². The highest BCUT2D eigenvalue weighted by Gasteiger charge is 2.20. The molecule has 0 bridgehead atoms. The van der Waals surface area contributed by atoms with Crippen LogP contribution in [0.2, 0.25) is 5.02 Å². The van der Waals surface area contributed by atoms with Crippen LogP contribution >= 0.6 is 23.4 Å². The Hall–Kier alpha value is -1.73. The Kier molecular flexibility index (Phi) is 5.90. The van der Waals surface area contributed by atoms with Crippen LogP contribution in [0.25, 0.3) is 0 Å². The summed E-state index contributed by atoms with van der Waals surface area (Å²) in [7, 11) is 1.54. The molecule has 0 fully saturated rings. The normalized spacial score (nSPS) is 12.3. The molecule has 0 saturated heterocycles. The number of ether oxygens (including phenoxy) is 1. The van der Waals surface area contributed by atoms with Gasteiger partial charge in [-0.25, -0.2) is 0 Å². The quantitative estimate of drug-likeness (QED) is 0.802. The second kappa shape index (κ2) is 7.70. The Labute approximate surface area is 144 Å². The van der Waals surface area contributed by atoms with E-state index in [4.69, 9.17) is 16.3 Å². The van der Waals surface area contributed by atoms with Crippen molar-refractivity contribution in [1.29, 1.82) is 0 Å². The number of benzene rings is 1. The van der Waals surface area contributed by atoms with E-state index in [1.54, 1.807) is 31.6 Å². The summed E-state index contributed by atoms with van der Waals surface area (Å²) in [5.41, 5.74) is 0.544. The molecule has 0 aliphatic heterocycles. The minimum Gasteiger partial charge on any atom is -0.495 e. The maximum Gasteiger partial charge on any atom is 0.237 e. The predicted molar refractivity (Wildman–Crippen MR) is 92.4 cm³/mol. The van der Waals surface area contributed by atoms with Gasteiger partial charge in [-0.15, -0.1) is 10.2 Å². The molecule has 0 unspecified atom stereocenters. The summed E-state index contributed by atoms with van der Waals surface area (Å²) in [5, 5.41) is 11.7. The summed E-state index contributed by atoms with van der Waals surface area (Å²) < 4.78 is 7.16. The Bertz CT molecular complexity index is 690. The van der Waals surface area contributed by atoms with Gasteiger partial charge in [0.2, 0.25) is 5.91 Å². The number of hydrogen-bond donors (Lipinski definition) is 1. The van der Waals surface area contributed by atoms with Crippen LogP contribution in [0, 0.1) is 0 Å². The van der Waals surface area contributed by atoms with Crippen molar-refractivity contribution in [2.24, 2.45) is 0 Å². The van der Waals surface area contributed by atoms with Crippen molar-refractivity contribution in [3.63, 3.8) is 0 Å². The molecule has 0 aliphatic carbocycles. The molecule has 0 aliphatic rings. The third-order valence-electron chi connectivity index (χ3n) is 3.17. The second-order valence-corrected chi connectivity index (χ2v) is 6.95. The first kappa shape index (κ1) is 17.6. The Morgan fingerprint density at radius 2 is 2.13 bits per heavy atom. The van der Waals surface area contributed by atoms with Crippen molar-refractivity contribution < 1.29 is 9.53 Å². The van der Waals surface area contributed by atoms with Crippen LogP contribution < -0.4 is 10.1 Å². The number of nitrogens with zero attached hydrogens (tertiary/aromatic N) is 3. The highest BCUT2D eigenvalue weighted by molar-refractivity contribution is 8.00. The minimum absolute atomic E-state index is 0.158. The molecule has 1 atom stereocenters. The molecule has 2 aromatic rings. The van der Waals surface area contributed by atoms with Crippen molar-refractivity contribution in [2.75, 3.05) is 12.4 Å². The summed E-state index contributed by atoms with van der Waals surface area (Å²) in [4.78, 5) is 12.4. The monoisotopic (exact) mass is 354 g/mol. The van der Waals surface area contributed by atoms with E-state index in [0.29, 0.717) is 21.6 Å². The van der Waals surface area contributed by atoms with Crippen LogP contribution in [0.1, 0.15) is 26.8 Å². The van der Waals surface area contributed by atoms with Crippen molar-refractivity contribution in [3.05, 3.63) is 29.5 Å². The number of carbonyl (C=O) groups is 1. The molecule has 1 aromatic heterocycles. The van der Waals surface area contributed by atoms with Crippen LogP contribution in [0.4, 0.5) is 5.69 Å². The van der Waals surface area contributed by atoms with E-state index < -0.39 is 0 Å². The topological polar surface area (TPSA) is 69.0 Å². The smallest absolute Gasteiger partial charge is 0.237 e. The molecule has 1 aromatic carbocycles. The standard InChI is InChI=1S/C15H19ClN4O2S/c1-9(2)20-8-17-19-15(20)23-10(3)14(21)18-12-7-11(16)5-6-13(12)22-4/h5-10H,1-4H3,(H,18,21)/t10-/m1/s1. The Morgan fingerprint density at radius 3 is 2.78 bits per heavy atom. The molecule has 124 valence electrons. The third kappa shape index (κ3) is 4.39. The minimum atomic E-state index is -0.347. The zero-order chi connectivity index (χ0) is 17.0. The van der Waals surface area contributed by atoms with Crippen molar-refractivity contribution in [3.8, 4) is 5.75 Å². The van der Waals surface area contributed by atoms with Crippen LogP contribution in [0.15, 0.2) is 29.7 Å².